The lowest BCUT2D eigenvalue weighted by Crippen LogP contribution is -2.48. The molecule has 1 aliphatic heterocycles. The Balaban J connectivity index is 1.39. The second kappa shape index (κ2) is 12.3. The van der Waals surface area contributed by atoms with E-state index in [0.717, 1.165) is 34.2 Å². The van der Waals surface area contributed by atoms with Gasteiger partial charge in [0.1, 0.15) is 5.75 Å². The number of nitrogens with zero attached hydrogens (tertiary/aromatic N) is 2. The van der Waals surface area contributed by atoms with Crippen LogP contribution in [-0.4, -0.2) is 52.8 Å². The molecule has 4 rings (SSSR count). The van der Waals surface area contributed by atoms with Gasteiger partial charge in [0.15, 0.2) is 17.5 Å². The van der Waals surface area contributed by atoms with Crippen molar-refractivity contribution in [3.8, 4) is 5.75 Å². The third kappa shape index (κ3) is 6.34. The third-order valence-corrected chi connectivity index (χ3v) is 7.93. The molecule has 0 saturated carbocycles. The predicted molar refractivity (Wildman–Crippen MR) is 140 cm³/mol. The van der Waals surface area contributed by atoms with Gasteiger partial charge < -0.3 is 14.7 Å². The van der Waals surface area contributed by atoms with Crippen molar-refractivity contribution in [3.05, 3.63) is 70.7 Å². The van der Waals surface area contributed by atoms with Crippen LogP contribution in [0.15, 0.2) is 36.5 Å². The number of hydrogen-bond donors (Lipinski definition) is 3. The molecule has 3 N–H and O–H groups in total. The average Bonchev–Trinajstić information content (AvgIpc) is 2.94. The number of aromatic nitrogens is 1. The van der Waals surface area contributed by atoms with Crippen LogP contribution in [0.2, 0.25) is 0 Å². The summed E-state index contributed by atoms with van der Waals surface area (Å²) in [6.45, 7) is 3.70. The van der Waals surface area contributed by atoms with Crippen LogP contribution in [0.1, 0.15) is 54.9 Å². The number of carbonyl (C=O) groups excluding carboxylic acids is 1. The molecule has 7 nitrogen and oxygen atoms in total. The highest BCUT2D eigenvalue weighted by Gasteiger charge is 2.41. The van der Waals surface area contributed by atoms with Crippen molar-refractivity contribution < 1.29 is 33.0 Å². The molecule has 0 spiro atoms. The Morgan fingerprint density at radius 1 is 1.18 bits per heavy atom. The van der Waals surface area contributed by atoms with Gasteiger partial charge >= 0.3 is 0 Å². The summed E-state index contributed by atoms with van der Waals surface area (Å²) >= 11 is 0. The largest absolute Gasteiger partial charge is 0.497 e. The summed E-state index contributed by atoms with van der Waals surface area (Å²) in [7, 11) is 1.58. The number of piperidine rings is 1. The number of halogens is 3. The SMILES string of the molecule is COc1ccc2ncc(C)c(C(O)CCC3(C(=O)NO)CCN(CCCc4cc(F)c(F)c(F)c4)CC3)c2c1. The maximum Gasteiger partial charge on any atom is 0.249 e. The first-order chi connectivity index (χ1) is 18.7. The molecule has 210 valence electrons. The Bertz CT molecular complexity index is 1310. The lowest BCUT2D eigenvalue weighted by Gasteiger charge is -2.40. The number of hydroxylamine groups is 1. The zero-order valence-corrected chi connectivity index (χ0v) is 22.1. The molecule has 3 aromatic rings. The number of amides is 1. The fourth-order valence-electron chi connectivity index (χ4n) is 5.59. The summed E-state index contributed by atoms with van der Waals surface area (Å²) < 4.78 is 45.5. The summed E-state index contributed by atoms with van der Waals surface area (Å²) in [5, 5.41) is 21.5. The van der Waals surface area contributed by atoms with E-state index in [1.54, 1.807) is 13.3 Å². The number of likely N-dealkylation sites (tertiary alicyclic amines) is 1. The van der Waals surface area contributed by atoms with Crippen molar-refractivity contribution in [1.29, 1.82) is 0 Å². The van der Waals surface area contributed by atoms with Crippen LogP contribution in [0.5, 0.6) is 5.75 Å². The van der Waals surface area contributed by atoms with E-state index in [-0.39, 0.29) is 0 Å². The minimum absolute atomic E-state index is 0.312. The van der Waals surface area contributed by atoms with E-state index in [1.165, 1.54) is 0 Å². The Morgan fingerprint density at radius 2 is 1.87 bits per heavy atom. The van der Waals surface area contributed by atoms with Crippen molar-refractivity contribution in [2.24, 2.45) is 5.41 Å². The second-order valence-corrected chi connectivity index (χ2v) is 10.3. The van der Waals surface area contributed by atoms with Crippen LogP contribution in [0.25, 0.3) is 10.9 Å². The minimum atomic E-state index is -1.47. The molecule has 0 radical (unpaired) electrons. The van der Waals surface area contributed by atoms with Crippen LogP contribution in [0, 0.1) is 29.8 Å². The number of aliphatic hydroxyl groups is 1. The number of rotatable bonds is 10. The molecule has 0 aliphatic carbocycles. The fourth-order valence-corrected chi connectivity index (χ4v) is 5.59. The van der Waals surface area contributed by atoms with Gasteiger partial charge in [-0.05, 0) is 112 Å². The van der Waals surface area contributed by atoms with E-state index in [2.05, 4.69) is 9.88 Å². The Morgan fingerprint density at radius 3 is 2.51 bits per heavy atom. The van der Waals surface area contributed by atoms with E-state index in [1.807, 2.05) is 30.6 Å². The number of methoxy groups -OCH3 is 1. The number of hydrogen-bond acceptors (Lipinski definition) is 6. The molecule has 1 unspecified atom stereocenters. The van der Waals surface area contributed by atoms with E-state index in [9.17, 15) is 28.3 Å². The minimum Gasteiger partial charge on any atom is -0.497 e. The van der Waals surface area contributed by atoms with Crippen molar-refractivity contribution in [2.75, 3.05) is 26.7 Å². The van der Waals surface area contributed by atoms with Gasteiger partial charge in [-0.15, -0.1) is 0 Å². The van der Waals surface area contributed by atoms with Gasteiger partial charge in [-0.1, -0.05) is 0 Å². The van der Waals surface area contributed by atoms with Gasteiger partial charge in [0.2, 0.25) is 5.91 Å². The molecule has 1 aliphatic rings. The van der Waals surface area contributed by atoms with Gasteiger partial charge in [-0.3, -0.25) is 15.0 Å². The number of aryl methyl sites for hydroxylation is 2. The van der Waals surface area contributed by atoms with Gasteiger partial charge in [-0.25, -0.2) is 18.7 Å². The first-order valence-corrected chi connectivity index (χ1v) is 13.1. The van der Waals surface area contributed by atoms with Crippen molar-refractivity contribution in [1.82, 2.24) is 15.4 Å². The van der Waals surface area contributed by atoms with Gasteiger partial charge in [0.05, 0.1) is 24.1 Å². The Labute approximate surface area is 225 Å². The zero-order valence-electron chi connectivity index (χ0n) is 22.1. The van der Waals surface area contributed by atoms with Crippen LogP contribution in [0.3, 0.4) is 0 Å². The molecule has 2 heterocycles. The normalized spacial score (nSPS) is 16.3. The highest BCUT2D eigenvalue weighted by atomic mass is 19.2. The molecule has 2 aromatic carbocycles. The monoisotopic (exact) mass is 545 g/mol. The molecule has 1 amide bonds. The van der Waals surface area contributed by atoms with E-state index in [0.29, 0.717) is 69.5 Å². The summed E-state index contributed by atoms with van der Waals surface area (Å²) in [6.07, 6.45) is 3.52. The van der Waals surface area contributed by atoms with E-state index >= 15 is 0 Å². The summed E-state index contributed by atoms with van der Waals surface area (Å²) in [6, 6.07) is 7.52. The molecule has 1 fully saturated rings. The molecule has 10 heteroatoms. The van der Waals surface area contributed by atoms with Crippen molar-refractivity contribution >= 4 is 16.8 Å². The molecule has 39 heavy (non-hydrogen) atoms. The molecule has 1 atom stereocenters. The van der Waals surface area contributed by atoms with Crippen LogP contribution >= 0.6 is 0 Å². The molecule has 0 bridgehead atoms. The van der Waals surface area contributed by atoms with Crippen LogP contribution in [0.4, 0.5) is 13.2 Å². The molecular weight excluding hydrogens is 511 g/mol. The van der Waals surface area contributed by atoms with Gasteiger partial charge in [0, 0.05) is 11.6 Å². The fraction of sp³-hybridized carbons (Fsp3) is 0.448. The average molecular weight is 546 g/mol. The van der Waals surface area contributed by atoms with Gasteiger partial charge in [0.25, 0.3) is 0 Å². The maximum absolute atomic E-state index is 13.5. The predicted octanol–water partition coefficient (Wildman–Crippen LogP) is 5.00. The summed E-state index contributed by atoms with van der Waals surface area (Å²) in [5.74, 6) is -3.67. The maximum atomic E-state index is 13.5. The highest BCUT2D eigenvalue weighted by Crippen LogP contribution is 2.40. The Hall–Kier alpha value is -3.21. The highest BCUT2D eigenvalue weighted by molar-refractivity contribution is 5.85. The lowest BCUT2D eigenvalue weighted by atomic mass is 9.73. The molecule has 1 aromatic heterocycles. The zero-order chi connectivity index (χ0) is 28.2. The van der Waals surface area contributed by atoms with Crippen LogP contribution in [-0.2, 0) is 11.2 Å². The Kier molecular flexibility index (Phi) is 9.09. The summed E-state index contributed by atoms with van der Waals surface area (Å²) in [5.41, 5.74) is 3.68. The van der Waals surface area contributed by atoms with Crippen LogP contribution < -0.4 is 10.2 Å². The lowest BCUT2D eigenvalue weighted by molar-refractivity contribution is -0.143. The topological polar surface area (TPSA) is 94.9 Å². The first-order valence-electron chi connectivity index (χ1n) is 13.1. The number of aliphatic hydroxyl groups excluding tert-OH is 1. The molecule has 1 saturated heterocycles. The van der Waals surface area contributed by atoms with E-state index < -0.39 is 34.9 Å². The number of benzene rings is 2. The number of carbonyl (C=O) groups is 1. The number of ether oxygens (including phenoxy) is 1. The number of pyridine rings is 1. The van der Waals surface area contributed by atoms with Crippen molar-refractivity contribution in [2.45, 2.75) is 51.6 Å². The number of nitrogens with one attached hydrogen (secondary N) is 1. The quantitative estimate of drug-likeness (QED) is 0.189. The van der Waals surface area contributed by atoms with Gasteiger partial charge in [-0.2, -0.15) is 0 Å². The molecular formula is C29H34F3N3O4. The van der Waals surface area contributed by atoms with Crippen molar-refractivity contribution in [3.63, 3.8) is 0 Å². The standard InChI is InChI=1S/C29H34F3N3O4/c1-18-17-33-24-6-5-20(39-2)16-21(24)26(18)25(36)7-8-29(28(37)34-38)9-12-35(13-10-29)11-3-4-19-14-22(30)27(32)23(31)15-19/h5-6,14-17,25,36,38H,3-4,7-13H2,1-2H3,(H,34,37). The first kappa shape index (κ1) is 28.8. The second-order valence-electron chi connectivity index (χ2n) is 10.3. The smallest absolute Gasteiger partial charge is 0.249 e. The van der Waals surface area contributed by atoms with E-state index in [4.69, 9.17) is 4.74 Å². The summed E-state index contributed by atoms with van der Waals surface area (Å²) in [4.78, 5) is 19.4. The third-order valence-electron chi connectivity index (χ3n) is 7.93. The number of fused-ring (bicyclic) bond motifs is 1.